The van der Waals surface area contributed by atoms with Gasteiger partial charge in [0.05, 0.1) is 11.1 Å². The van der Waals surface area contributed by atoms with E-state index in [1.165, 1.54) is 28.7 Å². The van der Waals surface area contributed by atoms with Crippen LogP contribution < -0.4 is 14.8 Å². The van der Waals surface area contributed by atoms with Crippen molar-refractivity contribution < 1.29 is 4.74 Å². The van der Waals surface area contributed by atoms with Crippen LogP contribution in [0.15, 0.2) is 57.8 Å². The van der Waals surface area contributed by atoms with Gasteiger partial charge >= 0.3 is 0 Å². The van der Waals surface area contributed by atoms with Crippen LogP contribution in [-0.4, -0.2) is 21.2 Å². The molecule has 4 aromatic rings. The fraction of sp³-hybridized carbons (Fsp3) is 0.227. The quantitative estimate of drug-likeness (QED) is 0.368. The number of benzene rings is 2. The van der Waals surface area contributed by atoms with E-state index >= 15 is 0 Å². The molecule has 0 bridgehead atoms. The summed E-state index contributed by atoms with van der Waals surface area (Å²) in [5.41, 5.74) is 1.66. The molecule has 4 rings (SSSR count). The summed E-state index contributed by atoms with van der Waals surface area (Å²) in [4.78, 5) is 17.8. The Balaban J connectivity index is 1.56. The summed E-state index contributed by atoms with van der Waals surface area (Å²) in [7, 11) is 0. The molecule has 148 valence electrons. The van der Waals surface area contributed by atoms with Crippen LogP contribution >= 0.6 is 27.3 Å². The summed E-state index contributed by atoms with van der Waals surface area (Å²) in [5.74, 6) is 1.38. The van der Waals surface area contributed by atoms with Crippen molar-refractivity contribution in [2.24, 2.45) is 0 Å². The first-order chi connectivity index (χ1) is 14.1. The molecule has 0 saturated carbocycles. The Morgan fingerprint density at radius 1 is 1.17 bits per heavy atom. The number of ether oxygens (including phenoxy) is 1. The molecule has 2 heterocycles. The lowest BCUT2D eigenvalue weighted by Crippen LogP contribution is -2.23. The first-order valence-corrected chi connectivity index (χ1v) is 11.1. The number of unbranched alkanes of at least 4 members (excludes halogenated alkanes) is 2. The largest absolute Gasteiger partial charge is 0.494 e. The summed E-state index contributed by atoms with van der Waals surface area (Å²) >= 11 is 4.79. The number of hydrogen-bond acceptors (Lipinski definition) is 5. The van der Waals surface area contributed by atoms with E-state index in [2.05, 4.69) is 32.9 Å². The number of halogens is 1. The SMILES string of the molecule is CCCCCOc1ccc(-c2nc3s/c(=C\c4cccc(Br)c4)c(=O)n3n2)cc1. The Morgan fingerprint density at radius 3 is 2.72 bits per heavy atom. The minimum absolute atomic E-state index is 0.153. The molecule has 0 aliphatic heterocycles. The molecule has 2 aromatic heterocycles. The topological polar surface area (TPSA) is 56.5 Å². The molecule has 2 aromatic carbocycles. The second-order valence-corrected chi connectivity index (χ2v) is 8.61. The highest BCUT2D eigenvalue weighted by Crippen LogP contribution is 2.21. The summed E-state index contributed by atoms with van der Waals surface area (Å²) < 4.78 is 8.70. The van der Waals surface area contributed by atoms with E-state index in [9.17, 15) is 4.79 Å². The molecule has 0 spiro atoms. The average molecular weight is 470 g/mol. The van der Waals surface area contributed by atoms with Crippen LogP contribution in [0.25, 0.3) is 22.4 Å². The maximum Gasteiger partial charge on any atom is 0.291 e. The van der Waals surface area contributed by atoms with Gasteiger partial charge < -0.3 is 4.74 Å². The summed E-state index contributed by atoms with van der Waals surface area (Å²) in [6.45, 7) is 2.90. The van der Waals surface area contributed by atoms with Crippen molar-refractivity contribution in [1.82, 2.24) is 14.6 Å². The average Bonchev–Trinajstić information content (AvgIpc) is 3.26. The monoisotopic (exact) mass is 469 g/mol. The fourth-order valence-electron chi connectivity index (χ4n) is 2.95. The van der Waals surface area contributed by atoms with Gasteiger partial charge in [-0.25, -0.2) is 0 Å². The van der Waals surface area contributed by atoms with Crippen molar-refractivity contribution in [2.45, 2.75) is 26.2 Å². The zero-order chi connectivity index (χ0) is 20.2. The standard InChI is InChI=1S/C22H20BrN3O2S/c1-2-3-4-12-28-18-10-8-16(9-11-18)20-24-22-26(25-20)21(27)19(29-22)14-15-6-5-7-17(23)13-15/h5-11,13-14H,2-4,12H2,1H3/b19-14-. The van der Waals surface area contributed by atoms with E-state index in [1.54, 1.807) is 0 Å². The maximum absolute atomic E-state index is 12.7. The predicted octanol–water partition coefficient (Wildman–Crippen LogP) is 4.70. The zero-order valence-electron chi connectivity index (χ0n) is 16.0. The van der Waals surface area contributed by atoms with Crippen LogP contribution in [0.2, 0.25) is 0 Å². The molecule has 0 aliphatic carbocycles. The van der Waals surface area contributed by atoms with Crippen molar-refractivity contribution in [3.8, 4) is 17.1 Å². The molecule has 0 fully saturated rings. The van der Waals surface area contributed by atoms with Crippen molar-refractivity contribution in [3.05, 3.63) is 73.5 Å². The van der Waals surface area contributed by atoms with E-state index in [1.807, 2.05) is 54.6 Å². The second kappa shape index (κ2) is 8.88. The molecule has 0 atom stereocenters. The van der Waals surface area contributed by atoms with Crippen molar-refractivity contribution in [2.75, 3.05) is 6.61 Å². The molecular weight excluding hydrogens is 450 g/mol. The van der Waals surface area contributed by atoms with E-state index in [4.69, 9.17) is 4.74 Å². The Bertz CT molecular complexity index is 1230. The maximum atomic E-state index is 12.7. The van der Waals surface area contributed by atoms with E-state index in [-0.39, 0.29) is 5.56 Å². The number of rotatable bonds is 7. The van der Waals surface area contributed by atoms with Gasteiger partial charge in [0.2, 0.25) is 4.96 Å². The molecule has 0 radical (unpaired) electrons. The minimum Gasteiger partial charge on any atom is -0.494 e. The summed E-state index contributed by atoms with van der Waals surface area (Å²) in [5, 5.41) is 4.41. The number of nitrogens with zero attached hydrogens (tertiary/aromatic N) is 3. The zero-order valence-corrected chi connectivity index (χ0v) is 18.4. The van der Waals surface area contributed by atoms with Gasteiger partial charge in [-0.15, -0.1) is 5.10 Å². The summed E-state index contributed by atoms with van der Waals surface area (Å²) in [6.07, 6.45) is 5.27. The van der Waals surface area contributed by atoms with Crippen molar-refractivity contribution in [1.29, 1.82) is 0 Å². The Kier molecular flexibility index (Phi) is 6.06. The van der Waals surface area contributed by atoms with E-state index < -0.39 is 0 Å². The van der Waals surface area contributed by atoms with Crippen molar-refractivity contribution in [3.63, 3.8) is 0 Å². The van der Waals surface area contributed by atoms with Crippen LogP contribution in [-0.2, 0) is 0 Å². The Morgan fingerprint density at radius 2 is 2.00 bits per heavy atom. The Hall–Kier alpha value is -2.51. The molecule has 7 heteroatoms. The molecule has 0 N–H and O–H groups in total. The van der Waals surface area contributed by atoms with E-state index in [0.717, 1.165) is 34.4 Å². The molecule has 0 aliphatic rings. The van der Waals surface area contributed by atoms with E-state index in [0.29, 0.717) is 15.3 Å². The van der Waals surface area contributed by atoms with Crippen LogP contribution in [0.3, 0.4) is 0 Å². The first-order valence-electron chi connectivity index (χ1n) is 9.54. The fourth-order valence-corrected chi connectivity index (χ4v) is 4.27. The third-order valence-corrected chi connectivity index (χ3v) is 5.91. The molecule has 0 saturated heterocycles. The lowest BCUT2D eigenvalue weighted by atomic mass is 10.2. The number of hydrogen-bond donors (Lipinski definition) is 0. The first kappa shape index (κ1) is 19.8. The van der Waals surface area contributed by atoms with Gasteiger partial charge in [0.25, 0.3) is 5.56 Å². The molecule has 5 nitrogen and oxygen atoms in total. The normalized spacial score (nSPS) is 12.0. The third kappa shape index (κ3) is 4.57. The molecule has 0 amide bonds. The molecule has 29 heavy (non-hydrogen) atoms. The molecule has 0 unspecified atom stereocenters. The third-order valence-electron chi connectivity index (χ3n) is 4.46. The lowest BCUT2D eigenvalue weighted by molar-refractivity contribution is 0.306. The minimum atomic E-state index is -0.153. The van der Waals surface area contributed by atoms with Crippen LogP contribution in [0.4, 0.5) is 0 Å². The smallest absolute Gasteiger partial charge is 0.291 e. The number of aromatic nitrogens is 3. The number of fused-ring (bicyclic) bond motifs is 1. The van der Waals surface area contributed by atoms with Gasteiger partial charge in [0, 0.05) is 10.0 Å². The van der Waals surface area contributed by atoms with Crippen LogP contribution in [0, 0.1) is 0 Å². The summed E-state index contributed by atoms with van der Waals surface area (Å²) in [6, 6.07) is 15.5. The van der Waals surface area contributed by atoms with Gasteiger partial charge in [-0.3, -0.25) is 4.79 Å². The Labute approximate surface area is 180 Å². The van der Waals surface area contributed by atoms with Gasteiger partial charge in [-0.2, -0.15) is 9.50 Å². The van der Waals surface area contributed by atoms with Crippen LogP contribution in [0.1, 0.15) is 31.7 Å². The highest BCUT2D eigenvalue weighted by Gasteiger charge is 2.12. The van der Waals surface area contributed by atoms with Gasteiger partial charge in [-0.05, 0) is 54.5 Å². The van der Waals surface area contributed by atoms with Gasteiger partial charge in [0.15, 0.2) is 5.82 Å². The van der Waals surface area contributed by atoms with Gasteiger partial charge in [0.1, 0.15) is 5.75 Å². The molecular formula is C22H20BrN3O2S. The lowest BCUT2D eigenvalue weighted by Gasteiger charge is -2.05. The van der Waals surface area contributed by atoms with Gasteiger partial charge in [-0.1, -0.05) is 59.2 Å². The van der Waals surface area contributed by atoms with Crippen molar-refractivity contribution >= 4 is 38.3 Å². The predicted molar refractivity (Wildman–Crippen MR) is 121 cm³/mol. The highest BCUT2D eigenvalue weighted by atomic mass is 79.9. The highest BCUT2D eigenvalue weighted by molar-refractivity contribution is 9.10. The number of thiazole rings is 1. The van der Waals surface area contributed by atoms with Crippen LogP contribution in [0.5, 0.6) is 5.75 Å². The second-order valence-electron chi connectivity index (χ2n) is 6.68.